The molecule has 3 heterocycles. The minimum atomic E-state index is -2.24. The maximum absolute atomic E-state index is 16.0. The Morgan fingerprint density at radius 3 is 1.41 bits per heavy atom. The molecule has 2 fully saturated rings. The van der Waals surface area contributed by atoms with Crippen LogP contribution in [0.4, 0.5) is 26.7 Å². The van der Waals surface area contributed by atoms with Crippen LogP contribution in [-0.4, -0.2) is 47.0 Å². The van der Waals surface area contributed by atoms with Crippen LogP contribution in [0.25, 0.3) is 0 Å². The van der Waals surface area contributed by atoms with Crippen LogP contribution >= 0.6 is 0 Å². The molecule has 5 atom stereocenters. The molecule has 8 rings (SSSR count). The number of para-hydroxylation sites is 3. The maximum Gasteiger partial charge on any atom is 0.421 e. The highest BCUT2D eigenvalue weighted by Crippen LogP contribution is 2.75. The van der Waals surface area contributed by atoms with Gasteiger partial charge in [-0.05, 0) is 82.5 Å². The predicted molar refractivity (Wildman–Crippen MR) is 199 cm³/mol. The molecule has 11 heteroatoms. The number of imide groups is 3. The second kappa shape index (κ2) is 11.7. The Balaban J connectivity index is 1.52. The van der Waals surface area contributed by atoms with Crippen molar-refractivity contribution in [3.63, 3.8) is 0 Å². The van der Waals surface area contributed by atoms with Crippen molar-refractivity contribution in [3.05, 3.63) is 126 Å². The summed E-state index contributed by atoms with van der Waals surface area (Å²) in [4.78, 5) is 94.0. The number of anilines is 3. The van der Waals surface area contributed by atoms with E-state index in [1.165, 1.54) is 0 Å². The van der Waals surface area contributed by atoms with E-state index in [0.29, 0.717) is 11.3 Å². The average Bonchev–Trinajstić information content (AvgIpc) is 3.74. The van der Waals surface area contributed by atoms with E-state index in [4.69, 9.17) is 9.47 Å². The zero-order chi connectivity index (χ0) is 38.5. The number of rotatable bonds is 2. The zero-order valence-corrected chi connectivity index (χ0v) is 30.7. The van der Waals surface area contributed by atoms with Crippen LogP contribution in [0.15, 0.2) is 109 Å². The monoisotopic (exact) mass is 725 g/mol. The second-order valence-corrected chi connectivity index (χ2v) is 16.1. The largest absolute Gasteiger partial charge is 0.443 e. The molecular weight excluding hydrogens is 686 g/mol. The number of hydrogen-bond acceptors (Lipinski definition) is 8. The van der Waals surface area contributed by atoms with Crippen LogP contribution in [0, 0.1) is 11.8 Å². The highest BCUT2D eigenvalue weighted by atomic mass is 16.6. The molecule has 0 N–H and O–H groups in total. The first-order chi connectivity index (χ1) is 25.6. The summed E-state index contributed by atoms with van der Waals surface area (Å²) in [5, 5.41) is 0. The number of ether oxygens (including phenoxy) is 2. The SMILES string of the molecule is CC(C)(C)OC(=O)N1C(=O)[C@]2(c3ccccc31)[C@@H]1C(=O)N(c3ccccc3)C(=O)[C@@H]1[C@@H](c1ccccc1)[C@@]21C(=O)N(C(=O)OC(C)(C)C)c2ccccc21. The Bertz CT molecular complexity index is 2280. The van der Waals surface area contributed by atoms with Gasteiger partial charge in [-0.15, -0.1) is 0 Å². The van der Waals surface area contributed by atoms with Crippen molar-refractivity contribution in [2.45, 2.75) is 69.5 Å². The first-order valence-electron chi connectivity index (χ1n) is 17.9. The quantitative estimate of drug-likeness (QED) is 0.202. The molecule has 54 heavy (non-hydrogen) atoms. The van der Waals surface area contributed by atoms with Crippen LogP contribution in [0.3, 0.4) is 0 Å². The van der Waals surface area contributed by atoms with Crippen molar-refractivity contribution in [2.24, 2.45) is 11.8 Å². The smallest absolute Gasteiger partial charge is 0.421 e. The summed E-state index contributed by atoms with van der Waals surface area (Å²) in [5.74, 6) is -7.06. The van der Waals surface area contributed by atoms with E-state index in [-0.39, 0.29) is 22.5 Å². The van der Waals surface area contributed by atoms with Crippen LogP contribution in [0.2, 0.25) is 0 Å². The molecule has 0 aromatic heterocycles. The normalized spacial score (nSPS) is 25.7. The fourth-order valence-corrected chi connectivity index (χ4v) is 9.34. The summed E-state index contributed by atoms with van der Waals surface area (Å²) >= 11 is 0. The number of carbonyl (C=O) groups excluding carboxylic acids is 6. The second-order valence-electron chi connectivity index (χ2n) is 16.1. The number of hydrogen-bond donors (Lipinski definition) is 0. The molecule has 11 nitrogen and oxygen atoms in total. The van der Waals surface area contributed by atoms with Crippen LogP contribution in [0.1, 0.15) is 64.2 Å². The molecule has 1 saturated carbocycles. The van der Waals surface area contributed by atoms with Crippen molar-refractivity contribution in [1.82, 2.24) is 0 Å². The molecule has 6 amide bonds. The number of amides is 6. The minimum Gasteiger partial charge on any atom is -0.443 e. The van der Waals surface area contributed by atoms with Gasteiger partial charge in [-0.1, -0.05) is 84.9 Å². The highest BCUT2D eigenvalue weighted by molar-refractivity contribution is 6.34. The van der Waals surface area contributed by atoms with E-state index >= 15 is 19.2 Å². The summed E-state index contributed by atoms with van der Waals surface area (Å²) in [6.07, 6.45) is -1.99. The topological polar surface area (TPSA) is 131 Å². The fourth-order valence-electron chi connectivity index (χ4n) is 9.34. The van der Waals surface area contributed by atoms with Crippen LogP contribution < -0.4 is 14.7 Å². The van der Waals surface area contributed by atoms with E-state index in [1.807, 2.05) is 0 Å². The Morgan fingerprint density at radius 1 is 0.537 bits per heavy atom. The summed E-state index contributed by atoms with van der Waals surface area (Å²) in [5.41, 5.74) is -4.91. The fraction of sp³-hybridized carbons (Fsp3) is 0.302. The predicted octanol–water partition coefficient (Wildman–Crippen LogP) is 7.03. The van der Waals surface area contributed by atoms with Gasteiger partial charge in [-0.25, -0.2) is 24.3 Å². The lowest BCUT2D eigenvalue weighted by Crippen LogP contribution is -2.63. The summed E-state index contributed by atoms with van der Waals surface area (Å²) in [6.45, 7) is 10.0. The van der Waals surface area contributed by atoms with Gasteiger partial charge in [-0.2, -0.15) is 0 Å². The van der Waals surface area contributed by atoms with Crippen molar-refractivity contribution < 1.29 is 38.2 Å². The van der Waals surface area contributed by atoms with Gasteiger partial charge in [0, 0.05) is 5.92 Å². The van der Waals surface area contributed by atoms with E-state index in [0.717, 1.165) is 14.7 Å². The standard InChI is InChI=1S/C43H39N3O8/c1-40(2,3)53-38(51)45-29-23-15-13-21-27(29)42(36(45)49)32(25-17-9-7-10-18-25)31-33(35(48)44(34(31)47)26-19-11-8-12-20-26)43(42)28-22-14-16-24-30(28)46(37(43)50)39(52)54-41(4,5)6/h7-24,31-33H,1-6H3/t31-,32-,33+,42+,43+/m1/s1. The number of fused-ring (bicyclic) bond motifs is 7. The highest BCUT2D eigenvalue weighted by Gasteiger charge is 2.87. The van der Waals surface area contributed by atoms with Gasteiger partial charge >= 0.3 is 12.2 Å². The zero-order valence-electron chi connectivity index (χ0n) is 30.7. The van der Waals surface area contributed by atoms with Gasteiger partial charge in [0.05, 0.1) is 28.9 Å². The van der Waals surface area contributed by atoms with Gasteiger partial charge < -0.3 is 9.47 Å². The third-order valence-electron chi connectivity index (χ3n) is 10.8. The maximum atomic E-state index is 16.0. The van der Waals surface area contributed by atoms with Gasteiger partial charge in [0.1, 0.15) is 22.0 Å². The van der Waals surface area contributed by atoms with E-state index in [9.17, 15) is 9.59 Å². The first kappa shape index (κ1) is 35.0. The Morgan fingerprint density at radius 2 is 0.944 bits per heavy atom. The number of benzene rings is 4. The number of carbonyl (C=O) groups is 6. The molecule has 4 aliphatic rings. The van der Waals surface area contributed by atoms with Gasteiger partial charge in [-0.3, -0.25) is 19.2 Å². The molecule has 4 aromatic rings. The van der Waals surface area contributed by atoms with Gasteiger partial charge in [0.25, 0.3) is 0 Å². The Hall–Kier alpha value is -6.10. The Labute approximate surface area is 312 Å². The third kappa shape index (κ3) is 4.53. The lowest BCUT2D eigenvalue weighted by atomic mass is 9.53. The van der Waals surface area contributed by atoms with Crippen LogP contribution in [-0.2, 0) is 39.5 Å². The van der Waals surface area contributed by atoms with Gasteiger partial charge in [0.2, 0.25) is 23.6 Å². The van der Waals surface area contributed by atoms with E-state index in [1.54, 1.807) is 151 Å². The van der Waals surface area contributed by atoms with Crippen molar-refractivity contribution >= 4 is 52.9 Å². The third-order valence-corrected chi connectivity index (χ3v) is 10.8. The summed E-state index contributed by atoms with van der Waals surface area (Å²) in [7, 11) is 0. The van der Waals surface area contributed by atoms with E-state index < -0.39 is 75.6 Å². The molecule has 0 bridgehead atoms. The molecule has 0 radical (unpaired) electrons. The molecule has 1 aliphatic carbocycles. The molecule has 2 spiro atoms. The molecular formula is C43H39N3O8. The van der Waals surface area contributed by atoms with E-state index in [2.05, 4.69) is 0 Å². The van der Waals surface area contributed by atoms with Crippen molar-refractivity contribution in [2.75, 3.05) is 14.7 Å². The average molecular weight is 726 g/mol. The molecule has 274 valence electrons. The summed E-state index contributed by atoms with van der Waals surface area (Å²) in [6, 6.07) is 30.3. The van der Waals surface area contributed by atoms with Crippen molar-refractivity contribution in [3.8, 4) is 0 Å². The first-order valence-corrected chi connectivity index (χ1v) is 17.9. The molecule has 1 saturated heterocycles. The lowest BCUT2D eigenvalue weighted by Gasteiger charge is -2.44. The van der Waals surface area contributed by atoms with Gasteiger partial charge in [0.15, 0.2) is 0 Å². The molecule has 0 unspecified atom stereocenters. The lowest BCUT2D eigenvalue weighted by molar-refractivity contribution is -0.138. The summed E-state index contributed by atoms with van der Waals surface area (Å²) < 4.78 is 11.6. The molecule has 4 aromatic carbocycles. The van der Waals surface area contributed by atoms with Crippen molar-refractivity contribution in [1.29, 1.82) is 0 Å². The molecule has 3 aliphatic heterocycles. The number of nitrogens with zero attached hydrogens (tertiary/aromatic N) is 3. The van der Waals surface area contributed by atoms with Crippen LogP contribution in [0.5, 0.6) is 0 Å². The Kier molecular flexibility index (Phi) is 7.57. The minimum absolute atomic E-state index is 0.114.